The molecule has 0 bridgehead atoms. The quantitative estimate of drug-likeness (QED) is 0.242. The van der Waals surface area contributed by atoms with Crippen molar-refractivity contribution < 1.29 is 9.79 Å². The molecule has 0 aliphatic carbocycles. The van der Waals surface area contributed by atoms with Crippen LogP contribution in [0.1, 0.15) is 105 Å². The van der Waals surface area contributed by atoms with Crippen LogP contribution in [0.5, 0.6) is 0 Å². The van der Waals surface area contributed by atoms with Crippen LogP contribution in [0.4, 0.5) is 0 Å². The monoisotopic (exact) mass is 570 g/mol. The molecule has 0 aromatic heterocycles. The number of benzene rings is 4. The second-order valence-corrected chi connectivity index (χ2v) is 19.5. The fraction of sp³-hybridized carbons (Fsp3) is 0.421. The third-order valence-corrected chi connectivity index (χ3v) is 12.4. The topological polar surface area (TPSA) is 40.5 Å². The van der Waals surface area contributed by atoms with Gasteiger partial charge in [0.2, 0.25) is 0 Å². The van der Waals surface area contributed by atoms with Crippen molar-refractivity contribution in [3.63, 3.8) is 0 Å². The fourth-order valence-electron chi connectivity index (χ4n) is 5.91. The number of hydrogen-bond acceptors (Lipinski definition) is 2. The molecule has 2 N–H and O–H groups in total. The Hall–Kier alpha value is -2.51. The van der Waals surface area contributed by atoms with Crippen LogP contribution in [0.25, 0.3) is 10.8 Å². The van der Waals surface area contributed by atoms with Crippen molar-refractivity contribution in [2.24, 2.45) is 0 Å². The molecule has 2 nitrogen and oxygen atoms in total. The molecule has 0 heterocycles. The molecule has 41 heavy (non-hydrogen) atoms. The van der Waals surface area contributed by atoms with E-state index in [-0.39, 0.29) is 21.7 Å². The first-order valence-corrected chi connectivity index (χ1v) is 17.0. The SMILES string of the molecule is CC(C)(C)c1ccc(P(O)(O)(c2ccc(C(C)(C)C)cc2C(C)(C)C)c2cccc3ccccc23)c(C(C)(C)C)c1. The first-order chi connectivity index (χ1) is 18.6. The second-order valence-electron chi connectivity index (χ2n) is 16.0. The van der Waals surface area contributed by atoms with E-state index in [1.807, 2.05) is 42.5 Å². The van der Waals surface area contributed by atoms with Crippen LogP contribution in [-0.4, -0.2) is 9.79 Å². The molecule has 0 radical (unpaired) electrons. The summed E-state index contributed by atoms with van der Waals surface area (Å²) in [5, 5.41) is 3.72. The van der Waals surface area contributed by atoms with E-state index in [1.54, 1.807) is 0 Å². The van der Waals surface area contributed by atoms with Gasteiger partial charge in [0.25, 0.3) is 0 Å². The molecule has 0 aliphatic rings. The predicted molar refractivity (Wildman–Crippen MR) is 182 cm³/mol. The van der Waals surface area contributed by atoms with E-state index in [2.05, 4.69) is 119 Å². The van der Waals surface area contributed by atoms with Gasteiger partial charge in [-0.25, -0.2) is 0 Å². The maximum absolute atomic E-state index is 13.8. The Bertz CT molecular complexity index is 1510. The minimum atomic E-state index is -5.05. The molecule has 3 heteroatoms. The van der Waals surface area contributed by atoms with Crippen LogP contribution < -0.4 is 15.9 Å². The van der Waals surface area contributed by atoms with Gasteiger partial charge in [0.05, 0.1) is 0 Å². The summed E-state index contributed by atoms with van der Waals surface area (Å²) in [6, 6.07) is 26.7. The summed E-state index contributed by atoms with van der Waals surface area (Å²) in [5.74, 6) is 0. The predicted octanol–water partition coefficient (Wildman–Crippen LogP) is 8.67. The van der Waals surface area contributed by atoms with Gasteiger partial charge >= 0.3 is 249 Å². The molecule has 0 saturated carbocycles. The van der Waals surface area contributed by atoms with Crippen LogP contribution in [0.2, 0.25) is 0 Å². The minimum absolute atomic E-state index is 0.0791. The third-order valence-electron chi connectivity index (χ3n) is 8.48. The number of hydrogen-bond donors (Lipinski definition) is 2. The Morgan fingerprint density at radius 3 is 1.27 bits per heavy atom. The van der Waals surface area contributed by atoms with E-state index in [4.69, 9.17) is 0 Å². The van der Waals surface area contributed by atoms with Crippen LogP contribution in [0, 0.1) is 0 Å². The van der Waals surface area contributed by atoms with Crippen LogP contribution in [0.3, 0.4) is 0 Å². The van der Waals surface area contributed by atoms with Crippen molar-refractivity contribution in [3.05, 3.63) is 101 Å². The summed E-state index contributed by atoms with van der Waals surface area (Å²) in [5.41, 5.74) is 3.49. The van der Waals surface area contributed by atoms with E-state index in [0.29, 0.717) is 15.9 Å². The van der Waals surface area contributed by atoms with E-state index < -0.39 is 7.06 Å². The van der Waals surface area contributed by atoms with Gasteiger partial charge in [0, 0.05) is 0 Å². The van der Waals surface area contributed by atoms with E-state index in [1.165, 1.54) is 11.1 Å². The Kier molecular flexibility index (Phi) is 7.49. The van der Waals surface area contributed by atoms with Crippen LogP contribution in [-0.2, 0) is 21.7 Å². The molecule has 0 aliphatic heterocycles. The van der Waals surface area contributed by atoms with E-state index in [9.17, 15) is 9.79 Å². The second kappa shape index (κ2) is 9.77. The normalized spacial score (nSPS) is 14.6. The van der Waals surface area contributed by atoms with Crippen molar-refractivity contribution in [1.82, 2.24) is 0 Å². The molecule has 0 unspecified atom stereocenters. The van der Waals surface area contributed by atoms with E-state index >= 15 is 0 Å². The zero-order valence-corrected chi connectivity index (χ0v) is 28.2. The third kappa shape index (κ3) is 5.52. The molecule has 220 valence electrons. The molecule has 0 saturated heterocycles. The molecule has 4 aromatic carbocycles. The van der Waals surface area contributed by atoms with Crippen molar-refractivity contribution in [1.29, 1.82) is 0 Å². The summed E-state index contributed by atoms with van der Waals surface area (Å²) in [6.07, 6.45) is 0. The van der Waals surface area contributed by atoms with Gasteiger partial charge < -0.3 is 0 Å². The standard InChI is InChI=1S/C38H51O2P/c1-35(2,3)27-20-22-33(30(24-27)37(7,8)9)41(39,40,32-19-15-17-26-16-13-14-18-29(26)32)34-23-21-28(36(4,5)6)25-31(34)38(10,11)12/h13-25,39-40H,1-12H3. The maximum atomic E-state index is 13.8. The average Bonchev–Trinajstić information content (AvgIpc) is 2.85. The molecule has 0 fully saturated rings. The Balaban J connectivity index is 2.30. The van der Waals surface area contributed by atoms with Crippen molar-refractivity contribution in [2.75, 3.05) is 0 Å². The van der Waals surface area contributed by atoms with Crippen LogP contribution >= 0.6 is 7.06 Å². The van der Waals surface area contributed by atoms with E-state index in [0.717, 1.165) is 21.9 Å². The van der Waals surface area contributed by atoms with Gasteiger partial charge in [-0.3, -0.25) is 0 Å². The van der Waals surface area contributed by atoms with Crippen LogP contribution in [0.15, 0.2) is 78.9 Å². The molecule has 0 spiro atoms. The molecular weight excluding hydrogens is 519 g/mol. The number of fused-ring (bicyclic) bond motifs is 1. The molecular formula is C38H51O2P. The number of rotatable bonds is 3. The summed E-state index contributed by atoms with van der Waals surface area (Å²) in [4.78, 5) is 27.5. The Morgan fingerprint density at radius 2 is 0.854 bits per heavy atom. The zero-order valence-electron chi connectivity index (χ0n) is 27.3. The first-order valence-electron chi connectivity index (χ1n) is 14.9. The van der Waals surface area contributed by atoms with Gasteiger partial charge in [-0.2, -0.15) is 0 Å². The average molecular weight is 571 g/mol. The molecule has 0 atom stereocenters. The molecule has 4 rings (SSSR count). The summed E-state index contributed by atoms with van der Waals surface area (Å²) >= 11 is 0. The fourth-order valence-corrected chi connectivity index (χ4v) is 10.1. The van der Waals surface area contributed by atoms with Gasteiger partial charge in [0.1, 0.15) is 0 Å². The zero-order chi connectivity index (χ0) is 30.8. The molecule has 0 amide bonds. The summed E-state index contributed by atoms with van der Waals surface area (Å²) < 4.78 is 0. The van der Waals surface area contributed by atoms with Crippen molar-refractivity contribution in [2.45, 2.75) is 105 Å². The Morgan fingerprint density at radius 1 is 0.439 bits per heavy atom. The van der Waals surface area contributed by atoms with Gasteiger partial charge in [0.15, 0.2) is 0 Å². The van der Waals surface area contributed by atoms with Crippen molar-refractivity contribution >= 4 is 33.7 Å². The summed E-state index contributed by atoms with van der Waals surface area (Å²) in [7, 11) is -5.05. The Labute approximate surface area is 248 Å². The van der Waals surface area contributed by atoms with Gasteiger partial charge in [-0.1, -0.05) is 0 Å². The van der Waals surface area contributed by atoms with Gasteiger partial charge in [-0.15, -0.1) is 0 Å². The first kappa shape index (κ1) is 31.4. The van der Waals surface area contributed by atoms with Crippen molar-refractivity contribution in [3.8, 4) is 0 Å². The summed E-state index contributed by atoms with van der Waals surface area (Å²) in [6.45, 7) is 26.3. The van der Waals surface area contributed by atoms with Gasteiger partial charge in [-0.05, 0) is 0 Å². The molecule has 4 aromatic rings.